The van der Waals surface area contributed by atoms with Crippen LogP contribution in [0, 0.1) is 0 Å². The zero-order valence-corrected chi connectivity index (χ0v) is 9.90. The molecule has 1 aromatic carbocycles. The molecule has 0 aromatic heterocycles. The van der Waals surface area contributed by atoms with Gasteiger partial charge in [-0.1, -0.05) is 29.3 Å². The van der Waals surface area contributed by atoms with Crippen LogP contribution in [0.5, 0.6) is 0 Å². The van der Waals surface area contributed by atoms with E-state index in [1.165, 1.54) is 18.2 Å². The Hall–Kier alpha value is 0.330. The van der Waals surface area contributed by atoms with Crippen molar-refractivity contribution < 1.29 is 8.42 Å². The average molecular weight is 282 g/mol. The number of hydrogen-bond donors (Lipinski definition) is 0. The normalized spacial score (nSPS) is 10.7. The lowest BCUT2D eigenvalue weighted by Crippen LogP contribution is -1.91. The highest BCUT2D eigenvalue weighted by molar-refractivity contribution is 8.13. The zero-order valence-electron chi connectivity index (χ0n) is 6.00. The van der Waals surface area contributed by atoms with Crippen LogP contribution in [0.1, 0.15) is 0 Å². The molecule has 0 fully saturated rings. The van der Waals surface area contributed by atoms with E-state index in [0.717, 1.165) is 0 Å². The van der Waals surface area contributed by atoms with Crippen LogP contribution in [0.15, 0.2) is 23.1 Å². The summed E-state index contributed by atoms with van der Waals surface area (Å²) < 4.78 is 21.7. The second-order valence-electron chi connectivity index (χ2n) is 1.99. The predicted molar refractivity (Wildman–Crippen MR) is 56.7 cm³/mol. The van der Waals surface area contributed by atoms with Crippen molar-refractivity contribution in [3.05, 3.63) is 28.2 Å². The Morgan fingerprint density at radius 2 is 1.69 bits per heavy atom. The number of benzene rings is 1. The monoisotopic (exact) mass is 280 g/mol. The van der Waals surface area contributed by atoms with E-state index in [1.807, 2.05) is 0 Å². The topological polar surface area (TPSA) is 34.1 Å². The van der Waals surface area contributed by atoms with Gasteiger partial charge < -0.3 is 0 Å². The third-order valence-electron chi connectivity index (χ3n) is 1.18. The highest BCUT2D eigenvalue weighted by Crippen LogP contribution is 2.30. The summed E-state index contributed by atoms with van der Waals surface area (Å²) in [6.07, 6.45) is 0. The van der Waals surface area contributed by atoms with Crippen molar-refractivity contribution in [2.75, 3.05) is 0 Å². The van der Waals surface area contributed by atoms with Gasteiger partial charge in [-0.05, 0) is 12.1 Å². The van der Waals surface area contributed by atoms with Crippen LogP contribution in [-0.2, 0) is 9.05 Å². The first-order valence-electron chi connectivity index (χ1n) is 2.81. The van der Waals surface area contributed by atoms with E-state index in [0.29, 0.717) is 0 Å². The quantitative estimate of drug-likeness (QED) is 0.740. The Morgan fingerprint density at radius 1 is 1.15 bits per heavy atom. The van der Waals surface area contributed by atoms with Crippen molar-refractivity contribution in [3.63, 3.8) is 0 Å². The molecule has 0 saturated heterocycles. The van der Waals surface area contributed by atoms with Crippen molar-refractivity contribution in [3.8, 4) is 0 Å². The molecule has 0 N–H and O–H groups in total. The predicted octanol–water partition coefficient (Wildman–Crippen LogP) is 3.34. The second kappa shape index (κ2) is 4.71. The Kier molecular flexibility index (Phi) is 4.83. The highest BCUT2D eigenvalue weighted by Gasteiger charge is 2.15. The van der Waals surface area contributed by atoms with Crippen molar-refractivity contribution >= 4 is 55.3 Å². The smallest absolute Gasteiger partial charge is 0.207 e. The van der Waals surface area contributed by atoms with Crippen LogP contribution in [0.25, 0.3) is 0 Å². The van der Waals surface area contributed by atoms with Gasteiger partial charge in [0.2, 0.25) is 0 Å². The van der Waals surface area contributed by atoms with E-state index in [2.05, 4.69) is 0 Å². The van der Waals surface area contributed by atoms with E-state index in [4.69, 9.17) is 33.9 Å². The SMILES string of the molecule is Cl.O=S(=O)(Cl)c1cccc(Cl)c1Cl. The van der Waals surface area contributed by atoms with Crippen LogP contribution >= 0.6 is 46.3 Å². The Labute approximate surface area is 96.6 Å². The van der Waals surface area contributed by atoms with Gasteiger partial charge in [0.1, 0.15) is 4.90 Å². The molecule has 0 bridgehead atoms. The van der Waals surface area contributed by atoms with E-state index in [9.17, 15) is 8.42 Å². The standard InChI is InChI=1S/C6H3Cl3O2S.ClH/c7-4-2-1-3-5(6(4)8)12(9,10)11;/h1-3H;1H. The van der Waals surface area contributed by atoms with Crippen LogP contribution in [0.3, 0.4) is 0 Å². The van der Waals surface area contributed by atoms with Crippen molar-refractivity contribution in [2.24, 2.45) is 0 Å². The average Bonchev–Trinajstić information content (AvgIpc) is 1.92. The summed E-state index contributed by atoms with van der Waals surface area (Å²) in [5, 5.41) is 0.118. The van der Waals surface area contributed by atoms with E-state index in [1.54, 1.807) is 0 Å². The van der Waals surface area contributed by atoms with Gasteiger partial charge in [-0.2, -0.15) is 0 Å². The maximum absolute atomic E-state index is 10.8. The molecule has 0 aliphatic carbocycles. The van der Waals surface area contributed by atoms with Gasteiger partial charge in [-0.3, -0.25) is 0 Å². The second-order valence-corrected chi connectivity index (χ2v) is 5.31. The van der Waals surface area contributed by atoms with E-state index in [-0.39, 0.29) is 27.3 Å². The summed E-state index contributed by atoms with van der Waals surface area (Å²) in [5.41, 5.74) is 0. The Morgan fingerprint density at radius 3 is 2.08 bits per heavy atom. The summed E-state index contributed by atoms with van der Waals surface area (Å²) in [6.45, 7) is 0. The van der Waals surface area contributed by atoms with Gasteiger partial charge in [-0.15, -0.1) is 12.4 Å². The summed E-state index contributed by atoms with van der Waals surface area (Å²) in [4.78, 5) is -0.168. The van der Waals surface area contributed by atoms with Crippen LogP contribution in [0.2, 0.25) is 10.0 Å². The third-order valence-corrected chi connectivity index (χ3v) is 3.47. The summed E-state index contributed by atoms with van der Waals surface area (Å²) in [7, 11) is 1.26. The fraction of sp³-hybridized carbons (Fsp3) is 0. The van der Waals surface area contributed by atoms with Crippen LogP contribution < -0.4 is 0 Å². The van der Waals surface area contributed by atoms with Crippen molar-refractivity contribution in [1.82, 2.24) is 0 Å². The maximum Gasteiger partial charge on any atom is 0.262 e. The Bertz CT molecular complexity index is 401. The largest absolute Gasteiger partial charge is 0.262 e. The lowest BCUT2D eigenvalue weighted by molar-refractivity contribution is 0.609. The summed E-state index contributed by atoms with van der Waals surface area (Å²) in [5.74, 6) is 0. The van der Waals surface area contributed by atoms with Gasteiger partial charge >= 0.3 is 0 Å². The first-order chi connectivity index (χ1) is 5.43. The van der Waals surface area contributed by atoms with Gasteiger partial charge in [0.05, 0.1) is 10.0 Å². The molecular weight excluding hydrogens is 278 g/mol. The van der Waals surface area contributed by atoms with E-state index < -0.39 is 9.05 Å². The minimum Gasteiger partial charge on any atom is -0.207 e. The van der Waals surface area contributed by atoms with Crippen molar-refractivity contribution in [2.45, 2.75) is 4.90 Å². The molecule has 74 valence electrons. The lowest BCUT2D eigenvalue weighted by Gasteiger charge is -1.99. The molecule has 0 saturated carbocycles. The van der Waals surface area contributed by atoms with E-state index >= 15 is 0 Å². The maximum atomic E-state index is 10.8. The molecule has 1 rings (SSSR count). The number of halogens is 4. The summed E-state index contributed by atoms with van der Waals surface area (Å²) in [6, 6.07) is 4.23. The molecular formula is C6H4Cl4O2S. The minimum atomic E-state index is -3.80. The fourth-order valence-corrected chi connectivity index (χ4v) is 2.40. The first-order valence-corrected chi connectivity index (χ1v) is 5.88. The molecule has 1 aromatic rings. The molecule has 0 spiro atoms. The number of hydrogen-bond acceptors (Lipinski definition) is 2. The molecule has 0 aliphatic rings. The van der Waals surface area contributed by atoms with Gasteiger partial charge in [0, 0.05) is 10.7 Å². The molecule has 7 heteroatoms. The number of rotatable bonds is 1. The zero-order chi connectivity index (χ0) is 9.35. The Balaban J connectivity index is 0.00000144. The molecule has 2 nitrogen and oxygen atoms in total. The molecule has 0 amide bonds. The molecule has 0 heterocycles. The third kappa shape index (κ3) is 3.18. The van der Waals surface area contributed by atoms with Crippen molar-refractivity contribution in [1.29, 1.82) is 0 Å². The van der Waals surface area contributed by atoms with Gasteiger partial charge in [0.15, 0.2) is 0 Å². The first kappa shape index (κ1) is 13.3. The summed E-state index contributed by atoms with van der Waals surface area (Å²) >= 11 is 11.1. The van der Waals surface area contributed by atoms with Crippen LogP contribution in [-0.4, -0.2) is 8.42 Å². The van der Waals surface area contributed by atoms with Crippen LogP contribution in [0.4, 0.5) is 0 Å². The van der Waals surface area contributed by atoms with Gasteiger partial charge in [0.25, 0.3) is 9.05 Å². The highest BCUT2D eigenvalue weighted by atomic mass is 35.7. The molecule has 0 atom stereocenters. The molecule has 13 heavy (non-hydrogen) atoms. The minimum absolute atomic E-state index is 0. The van der Waals surface area contributed by atoms with Gasteiger partial charge in [-0.25, -0.2) is 8.42 Å². The lowest BCUT2D eigenvalue weighted by atomic mass is 10.4. The molecule has 0 radical (unpaired) electrons. The molecule has 0 aliphatic heterocycles. The molecule has 0 unspecified atom stereocenters. The fourth-order valence-electron chi connectivity index (χ4n) is 0.672.